The molecule has 6 aromatic heterocycles. The Bertz CT molecular complexity index is 2730. The van der Waals surface area contributed by atoms with Gasteiger partial charge in [0.05, 0.1) is 19.3 Å². The molecule has 0 bridgehead atoms. The fraction of sp³-hybridized carbons (Fsp3) is 0.543. The fourth-order valence-corrected chi connectivity index (χ4v) is 10.2. The van der Waals surface area contributed by atoms with E-state index in [0.717, 1.165) is 61.0 Å². The number of hydrogen-bond donors (Lipinski definition) is 4. The van der Waals surface area contributed by atoms with Gasteiger partial charge in [0.1, 0.15) is 33.2 Å². The monoisotopic (exact) mass is 1150 g/mol. The maximum Gasteiger partial charge on any atom is 0.252 e. The summed E-state index contributed by atoms with van der Waals surface area (Å²) in [5, 5.41) is 23.6. The smallest absolute Gasteiger partial charge is 0.252 e. The van der Waals surface area contributed by atoms with Gasteiger partial charge in [0, 0.05) is 134 Å². The molecule has 6 aromatic rings. The summed E-state index contributed by atoms with van der Waals surface area (Å²) in [6, 6.07) is 3.89. The maximum absolute atomic E-state index is 13.1. The summed E-state index contributed by atoms with van der Waals surface area (Å²) in [5.41, 5.74) is 7.77. The highest BCUT2D eigenvalue weighted by Gasteiger charge is 2.46. The summed E-state index contributed by atoms with van der Waals surface area (Å²) in [5.74, 6) is -4.88. The number of nitrogens with one attached hydrogen (secondary N) is 2. The molecule has 0 aromatic carbocycles. The van der Waals surface area contributed by atoms with Crippen LogP contribution in [0.4, 0.5) is 38.0 Å². The Kier molecular flexibility index (Phi) is 20.0. The van der Waals surface area contributed by atoms with Gasteiger partial charge in [-0.2, -0.15) is 4.98 Å². The van der Waals surface area contributed by atoms with Crippen molar-refractivity contribution in [3.8, 4) is 38.4 Å². The number of aromatic nitrogens is 9. The molecular weight excluding hydrogens is 1100 g/mol. The standard InChI is InChI=1S/C17H20F2N4O2S.C12H11ClF2N4S.C8H5Cl2N3S.C5H10O2.C4H7F2N/c1-10-9-26-16(20-10)15-22-13(21-11-7-17(18,19)8-11)6-14(23-15)25-12-2-4-24-5-3-12;1-6-5-20-11(16-6)10-18-8(13)2-9(19-10)17-7-3-12(14,15)4-7;1-4-3-14-8(11-4)7-12-5(9)2-6(10)13-7;6-5-1-3-7-4-2-5;5-4(6)1-3(7)2-4/h6,9,11-12H,2-5,7-8H2,1H3,(H,21,22,23);2,5,7H,3-4H2,1H3,(H,17,18,19);2-3H,1H3;5-6H,1-4H2;3H,1-2,7H2. The van der Waals surface area contributed by atoms with Crippen molar-refractivity contribution in [2.75, 3.05) is 37.1 Å². The lowest BCUT2D eigenvalue weighted by atomic mass is 9.88. The van der Waals surface area contributed by atoms with Crippen molar-refractivity contribution in [2.24, 2.45) is 5.73 Å². The van der Waals surface area contributed by atoms with Crippen LogP contribution in [0, 0.1) is 20.8 Å². The Morgan fingerprint density at radius 2 is 0.932 bits per heavy atom. The number of anilines is 2. The Labute approximate surface area is 449 Å². The molecule has 28 heteroatoms. The molecule has 0 amide bonds. The lowest BCUT2D eigenvalue weighted by Crippen LogP contribution is -2.45. The molecule has 8 heterocycles. The number of ether oxygens (including phenoxy) is 3. The van der Waals surface area contributed by atoms with Crippen LogP contribution in [0.15, 0.2) is 34.3 Å². The SMILES string of the molecule is Cc1csc(-c2nc(Cl)cc(Cl)n2)n1.Cc1csc(-c2nc(Cl)cc(NC3CC(F)(F)C3)n2)n1.Cc1csc(-c2nc(NC3CC(F)(F)C3)cc(OC3CCOCC3)n2)n1.NC1CC(F)(F)C1.OC1CCOCC1. The molecule has 5 fully saturated rings. The van der Waals surface area contributed by atoms with Crippen LogP contribution in [0.25, 0.3) is 32.5 Å². The summed E-state index contributed by atoms with van der Waals surface area (Å²) in [4.78, 5) is 38.3. The molecule has 3 saturated carbocycles. The van der Waals surface area contributed by atoms with Gasteiger partial charge in [-0.05, 0) is 33.6 Å². The predicted molar refractivity (Wildman–Crippen MR) is 275 cm³/mol. The van der Waals surface area contributed by atoms with Gasteiger partial charge < -0.3 is 35.7 Å². The lowest BCUT2D eigenvalue weighted by molar-refractivity contribution is -0.0842. The predicted octanol–water partition coefficient (Wildman–Crippen LogP) is 11.6. The van der Waals surface area contributed by atoms with E-state index in [0.29, 0.717) is 68.5 Å². The summed E-state index contributed by atoms with van der Waals surface area (Å²) < 4.78 is 91.6. The summed E-state index contributed by atoms with van der Waals surface area (Å²) in [7, 11) is 0. The number of halogens is 9. The number of aryl methyl sites for hydroxylation is 3. The topological polar surface area (TPSA) is 214 Å². The summed E-state index contributed by atoms with van der Waals surface area (Å²) in [6.45, 7) is 8.49. The molecule has 0 spiro atoms. The minimum atomic E-state index is -2.58. The van der Waals surface area contributed by atoms with E-state index < -0.39 is 17.8 Å². The second-order valence-electron chi connectivity index (χ2n) is 18.0. The van der Waals surface area contributed by atoms with Crippen molar-refractivity contribution in [1.82, 2.24) is 44.9 Å². The quantitative estimate of drug-likeness (QED) is 0.0782. The molecule has 0 atom stereocenters. The molecule has 0 unspecified atom stereocenters. The van der Waals surface area contributed by atoms with E-state index in [4.69, 9.17) is 59.9 Å². The van der Waals surface area contributed by atoms with Crippen molar-refractivity contribution in [3.63, 3.8) is 0 Å². The minimum absolute atomic E-state index is 0.0328. The van der Waals surface area contributed by atoms with Gasteiger partial charge in [-0.1, -0.05) is 34.8 Å². The number of nitrogens with two attached hydrogens (primary N) is 1. The van der Waals surface area contributed by atoms with Crippen LogP contribution in [0.1, 0.15) is 81.3 Å². The van der Waals surface area contributed by atoms with Gasteiger partial charge in [0.25, 0.3) is 17.8 Å². The Balaban J connectivity index is 0.000000147. The highest BCUT2D eigenvalue weighted by atomic mass is 35.5. The molecule has 3 aliphatic carbocycles. The van der Waals surface area contributed by atoms with E-state index >= 15 is 0 Å². The van der Waals surface area contributed by atoms with Gasteiger partial charge in [-0.25, -0.2) is 66.2 Å². The van der Waals surface area contributed by atoms with Crippen LogP contribution >= 0.6 is 68.8 Å². The molecule has 0 radical (unpaired) electrons. The lowest BCUT2D eigenvalue weighted by Gasteiger charge is -2.35. The second kappa shape index (κ2) is 25.8. The van der Waals surface area contributed by atoms with Crippen molar-refractivity contribution >= 4 is 80.4 Å². The number of rotatable bonds is 9. The average Bonchev–Trinajstić information content (AvgIpc) is 4.07. The fourth-order valence-electron chi connectivity index (χ4n) is 7.40. The average molecular weight is 1150 g/mol. The zero-order valence-electron chi connectivity index (χ0n) is 40.2. The number of hydrogen-bond acceptors (Lipinski definition) is 19. The third-order valence-corrected chi connectivity index (χ3v) is 14.6. The van der Waals surface area contributed by atoms with Crippen LogP contribution < -0.4 is 21.1 Å². The number of aliphatic hydroxyl groups excluding tert-OH is 1. The van der Waals surface area contributed by atoms with Gasteiger partial charge in [-0.3, -0.25) is 0 Å². The molecule has 5 aliphatic rings. The molecule has 16 nitrogen and oxygen atoms in total. The van der Waals surface area contributed by atoms with E-state index in [1.165, 1.54) is 46.1 Å². The molecule has 402 valence electrons. The molecule has 2 aliphatic heterocycles. The molecule has 5 N–H and O–H groups in total. The van der Waals surface area contributed by atoms with Crippen LogP contribution in [0.2, 0.25) is 15.5 Å². The highest BCUT2D eigenvalue weighted by Crippen LogP contribution is 2.41. The van der Waals surface area contributed by atoms with Crippen LogP contribution in [0.5, 0.6) is 5.88 Å². The Morgan fingerprint density at radius 1 is 0.554 bits per heavy atom. The molecule has 74 heavy (non-hydrogen) atoms. The van der Waals surface area contributed by atoms with Gasteiger partial charge in [0.15, 0.2) is 32.5 Å². The van der Waals surface area contributed by atoms with Crippen molar-refractivity contribution in [3.05, 3.63) is 66.9 Å². The normalized spacial score (nSPS) is 19.2. The first-order valence-electron chi connectivity index (χ1n) is 23.4. The van der Waals surface area contributed by atoms with E-state index in [1.54, 1.807) is 6.07 Å². The van der Waals surface area contributed by atoms with Crippen molar-refractivity contribution < 1.29 is 45.7 Å². The van der Waals surface area contributed by atoms with E-state index in [-0.39, 0.29) is 74.0 Å². The van der Waals surface area contributed by atoms with Gasteiger partial charge >= 0.3 is 0 Å². The number of aliphatic hydroxyl groups is 1. The number of thiazole rings is 3. The van der Waals surface area contributed by atoms with E-state index in [1.807, 2.05) is 36.9 Å². The van der Waals surface area contributed by atoms with E-state index in [9.17, 15) is 26.3 Å². The first-order valence-corrected chi connectivity index (χ1v) is 27.1. The maximum atomic E-state index is 13.1. The number of alkyl halides is 6. The largest absolute Gasteiger partial charge is 0.474 e. The summed E-state index contributed by atoms with van der Waals surface area (Å²) >= 11 is 21.8. The summed E-state index contributed by atoms with van der Waals surface area (Å²) in [6.07, 6.45) is 2.22. The first-order chi connectivity index (χ1) is 35.0. The molecule has 2 saturated heterocycles. The molecular formula is C46H53Cl3F6N12O4S3. The van der Waals surface area contributed by atoms with Crippen molar-refractivity contribution in [1.29, 1.82) is 0 Å². The highest BCUT2D eigenvalue weighted by molar-refractivity contribution is 7.13. The van der Waals surface area contributed by atoms with E-state index in [2.05, 4.69) is 55.5 Å². The van der Waals surface area contributed by atoms with Gasteiger partial charge in [-0.15, -0.1) is 34.0 Å². The van der Waals surface area contributed by atoms with Crippen molar-refractivity contribution in [2.45, 2.75) is 133 Å². The minimum Gasteiger partial charge on any atom is -0.474 e. The van der Waals surface area contributed by atoms with Gasteiger partial charge in [0.2, 0.25) is 5.88 Å². The second-order valence-corrected chi connectivity index (χ2v) is 21.8. The Hall–Kier alpha value is -4.18. The third-order valence-electron chi connectivity index (χ3n) is 11.1. The zero-order chi connectivity index (χ0) is 53.2. The zero-order valence-corrected chi connectivity index (χ0v) is 44.9. The first kappa shape index (κ1) is 57.5. The van der Waals surface area contributed by atoms with Crippen LogP contribution in [-0.2, 0) is 9.47 Å². The van der Waals surface area contributed by atoms with Crippen LogP contribution in [0.3, 0.4) is 0 Å². The Morgan fingerprint density at radius 3 is 1.28 bits per heavy atom. The number of nitrogens with zero attached hydrogens (tertiary/aromatic N) is 9. The van der Waals surface area contributed by atoms with Crippen LogP contribution in [-0.4, -0.2) is 124 Å². The third kappa shape index (κ3) is 18.2. The molecule has 11 rings (SSSR count).